The molecule has 1 aliphatic carbocycles. The number of aromatic amines is 1. The number of halogens is 1. The van der Waals surface area contributed by atoms with Crippen LogP contribution in [0.1, 0.15) is 43.7 Å². The van der Waals surface area contributed by atoms with Gasteiger partial charge in [-0.1, -0.05) is 36.9 Å². The summed E-state index contributed by atoms with van der Waals surface area (Å²) < 4.78 is 1.42. The molecule has 0 spiro atoms. The van der Waals surface area contributed by atoms with Crippen LogP contribution < -0.4 is 21.0 Å². The first kappa shape index (κ1) is 19.1. The molecule has 2 heterocycles. The zero-order valence-electron chi connectivity index (χ0n) is 16.3. The van der Waals surface area contributed by atoms with Crippen molar-refractivity contribution in [2.75, 3.05) is 36.0 Å². The summed E-state index contributed by atoms with van der Waals surface area (Å²) in [6, 6.07) is 7.58. The Balaban J connectivity index is 1.50. The van der Waals surface area contributed by atoms with Crippen LogP contribution in [0.3, 0.4) is 0 Å². The van der Waals surface area contributed by atoms with E-state index in [1.807, 2.05) is 18.2 Å². The minimum atomic E-state index is -0.275. The predicted octanol–water partition coefficient (Wildman–Crippen LogP) is 3.33. The fourth-order valence-electron chi connectivity index (χ4n) is 4.46. The zero-order chi connectivity index (χ0) is 19.7. The molecular formula is C21H27ClN4O2. The summed E-state index contributed by atoms with van der Waals surface area (Å²) in [5, 5.41) is 0.735. The van der Waals surface area contributed by atoms with Crippen molar-refractivity contribution in [3.63, 3.8) is 0 Å². The van der Waals surface area contributed by atoms with E-state index in [9.17, 15) is 9.59 Å². The third kappa shape index (κ3) is 3.83. The standard InChI is InChI=1S/C21H27ClN4O2/c1-15-7-8-16(22)13-18(15)24-9-11-25(12-10-24)19-14-20(27)26(21(28)23-19)17-5-3-2-4-6-17/h7-8,13-14,17H,2-6,9-12H2,1H3,(H,23,28). The van der Waals surface area contributed by atoms with Crippen molar-refractivity contribution in [1.82, 2.24) is 9.55 Å². The molecule has 2 fully saturated rings. The molecule has 1 saturated heterocycles. The van der Waals surface area contributed by atoms with Crippen molar-refractivity contribution in [2.24, 2.45) is 0 Å². The number of nitrogens with zero attached hydrogens (tertiary/aromatic N) is 3. The summed E-state index contributed by atoms with van der Waals surface area (Å²) in [6.45, 7) is 5.20. The van der Waals surface area contributed by atoms with Crippen molar-refractivity contribution in [3.05, 3.63) is 55.7 Å². The number of nitrogens with one attached hydrogen (secondary N) is 1. The lowest BCUT2D eigenvalue weighted by molar-refractivity contribution is 0.336. The van der Waals surface area contributed by atoms with Gasteiger partial charge in [-0.2, -0.15) is 0 Å². The third-order valence-corrected chi connectivity index (χ3v) is 6.26. The van der Waals surface area contributed by atoms with Gasteiger partial charge in [0.1, 0.15) is 5.82 Å². The first-order chi connectivity index (χ1) is 13.5. The van der Waals surface area contributed by atoms with E-state index >= 15 is 0 Å². The molecule has 1 N–H and O–H groups in total. The summed E-state index contributed by atoms with van der Waals surface area (Å²) in [5.41, 5.74) is 1.89. The molecule has 0 radical (unpaired) electrons. The normalized spacial score (nSPS) is 18.5. The van der Waals surface area contributed by atoms with E-state index in [4.69, 9.17) is 11.6 Å². The quantitative estimate of drug-likeness (QED) is 0.855. The van der Waals surface area contributed by atoms with Crippen LogP contribution in [0.15, 0.2) is 33.9 Å². The fourth-order valence-corrected chi connectivity index (χ4v) is 4.63. The van der Waals surface area contributed by atoms with E-state index in [1.54, 1.807) is 6.07 Å². The molecule has 7 heteroatoms. The number of piperazine rings is 1. The number of benzene rings is 1. The van der Waals surface area contributed by atoms with Gasteiger partial charge in [0.25, 0.3) is 5.56 Å². The van der Waals surface area contributed by atoms with E-state index in [0.717, 1.165) is 62.6 Å². The molecular weight excluding hydrogens is 376 g/mol. The molecule has 1 aromatic carbocycles. The summed E-state index contributed by atoms with van der Waals surface area (Å²) in [7, 11) is 0. The first-order valence-corrected chi connectivity index (χ1v) is 10.5. The Hall–Kier alpha value is -2.21. The van der Waals surface area contributed by atoms with Gasteiger partial charge in [-0.05, 0) is 37.5 Å². The summed E-state index contributed by atoms with van der Waals surface area (Å²) >= 11 is 6.16. The van der Waals surface area contributed by atoms with Gasteiger partial charge in [0.2, 0.25) is 0 Å². The second kappa shape index (κ2) is 8.03. The Morgan fingerprint density at radius 3 is 2.32 bits per heavy atom. The van der Waals surface area contributed by atoms with Crippen LogP contribution in [0.5, 0.6) is 0 Å². The van der Waals surface area contributed by atoms with E-state index in [-0.39, 0.29) is 17.3 Å². The fraction of sp³-hybridized carbons (Fsp3) is 0.524. The van der Waals surface area contributed by atoms with Gasteiger partial charge in [-0.15, -0.1) is 0 Å². The second-order valence-corrected chi connectivity index (χ2v) is 8.30. The monoisotopic (exact) mass is 402 g/mol. The Labute approximate surface area is 169 Å². The SMILES string of the molecule is Cc1ccc(Cl)cc1N1CCN(c2cc(=O)n(C3CCCCC3)c(=O)[nH]2)CC1. The van der Waals surface area contributed by atoms with E-state index in [2.05, 4.69) is 21.7 Å². The molecule has 6 nitrogen and oxygen atoms in total. The maximum Gasteiger partial charge on any atom is 0.330 e. The van der Waals surface area contributed by atoms with Crippen molar-refractivity contribution < 1.29 is 0 Å². The number of anilines is 2. The Bertz CT molecular complexity index is 922. The van der Waals surface area contributed by atoms with Gasteiger partial charge in [0.15, 0.2) is 0 Å². The Morgan fingerprint density at radius 2 is 1.64 bits per heavy atom. The highest BCUT2D eigenvalue weighted by atomic mass is 35.5. The topological polar surface area (TPSA) is 61.3 Å². The van der Waals surface area contributed by atoms with Crippen LogP contribution in [0, 0.1) is 6.92 Å². The van der Waals surface area contributed by atoms with Crippen molar-refractivity contribution in [3.8, 4) is 0 Å². The number of hydrogen-bond acceptors (Lipinski definition) is 4. The average Bonchev–Trinajstić information content (AvgIpc) is 2.70. The summed E-state index contributed by atoms with van der Waals surface area (Å²) in [4.78, 5) is 32.6. The third-order valence-electron chi connectivity index (χ3n) is 6.02. The molecule has 1 aromatic heterocycles. The molecule has 2 aromatic rings. The minimum Gasteiger partial charge on any atom is -0.368 e. The van der Waals surface area contributed by atoms with E-state index in [1.165, 1.54) is 16.6 Å². The van der Waals surface area contributed by atoms with Gasteiger partial charge in [0, 0.05) is 49.0 Å². The largest absolute Gasteiger partial charge is 0.368 e. The number of rotatable bonds is 3. The zero-order valence-corrected chi connectivity index (χ0v) is 17.0. The van der Waals surface area contributed by atoms with Crippen LogP contribution in [0.4, 0.5) is 11.5 Å². The van der Waals surface area contributed by atoms with Crippen LogP contribution >= 0.6 is 11.6 Å². The average molecular weight is 403 g/mol. The predicted molar refractivity (Wildman–Crippen MR) is 114 cm³/mol. The lowest BCUT2D eigenvalue weighted by Crippen LogP contribution is -2.48. The minimum absolute atomic E-state index is 0.0432. The number of hydrogen-bond donors (Lipinski definition) is 1. The van der Waals surface area contributed by atoms with Crippen molar-refractivity contribution in [1.29, 1.82) is 0 Å². The van der Waals surface area contributed by atoms with Crippen LogP contribution in [0.2, 0.25) is 5.02 Å². The van der Waals surface area contributed by atoms with Crippen LogP contribution in [-0.2, 0) is 0 Å². The Kier molecular flexibility index (Phi) is 5.49. The van der Waals surface area contributed by atoms with Crippen molar-refractivity contribution >= 4 is 23.1 Å². The lowest BCUT2D eigenvalue weighted by Gasteiger charge is -2.37. The van der Waals surface area contributed by atoms with E-state index in [0.29, 0.717) is 5.82 Å². The molecule has 1 aliphatic heterocycles. The molecule has 0 bridgehead atoms. The molecule has 28 heavy (non-hydrogen) atoms. The molecule has 0 amide bonds. The number of H-pyrrole nitrogens is 1. The Morgan fingerprint density at radius 1 is 0.964 bits per heavy atom. The van der Waals surface area contributed by atoms with Gasteiger partial charge in [-0.25, -0.2) is 4.79 Å². The smallest absolute Gasteiger partial charge is 0.330 e. The number of aromatic nitrogens is 2. The van der Waals surface area contributed by atoms with Gasteiger partial charge >= 0.3 is 5.69 Å². The van der Waals surface area contributed by atoms with Gasteiger partial charge in [-0.3, -0.25) is 14.3 Å². The van der Waals surface area contributed by atoms with Crippen molar-refractivity contribution in [2.45, 2.75) is 45.1 Å². The molecule has 1 saturated carbocycles. The molecule has 0 atom stereocenters. The summed E-state index contributed by atoms with van der Waals surface area (Å²) in [6.07, 6.45) is 5.20. The highest BCUT2D eigenvalue weighted by Crippen LogP contribution is 2.27. The second-order valence-electron chi connectivity index (χ2n) is 7.86. The highest BCUT2D eigenvalue weighted by molar-refractivity contribution is 6.30. The maximum absolute atomic E-state index is 12.7. The number of aryl methyl sites for hydroxylation is 1. The van der Waals surface area contributed by atoms with Gasteiger partial charge in [0.05, 0.1) is 0 Å². The molecule has 150 valence electrons. The molecule has 2 aliphatic rings. The molecule has 4 rings (SSSR count). The van der Waals surface area contributed by atoms with Crippen LogP contribution in [0.25, 0.3) is 0 Å². The highest BCUT2D eigenvalue weighted by Gasteiger charge is 2.23. The molecule has 0 unspecified atom stereocenters. The lowest BCUT2D eigenvalue weighted by atomic mass is 9.95. The maximum atomic E-state index is 12.7. The van der Waals surface area contributed by atoms with Crippen LogP contribution in [-0.4, -0.2) is 35.7 Å². The van der Waals surface area contributed by atoms with Gasteiger partial charge < -0.3 is 9.80 Å². The summed E-state index contributed by atoms with van der Waals surface area (Å²) in [5.74, 6) is 0.629. The first-order valence-electron chi connectivity index (χ1n) is 10.1. The van der Waals surface area contributed by atoms with E-state index < -0.39 is 0 Å².